The van der Waals surface area contributed by atoms with Gasteiger partial charge in [0.15, 0.2) is 0 Å². The molecule has 2 rings (SSSR count). The van der Waals surface area contributed by atoms with E-state index in [4.69, 9.17) is 23.2 Å². The van der Waals surface area contributed by atoms with Crippen molar-refractivity contribution in [3.8, 4) is 0 Å². The first kappa shape index (κ1) is 21.4. The Balaban J connectivity index is 1.90. The predicted molar refractivity (Wildman–Crippen MR) is 111 cm³/mol. The molecular formula is C19H18Cl2N4O3. The van der Waals surface area contributed by atoms with Crippen molar-refractivity contribution in [3.05, 3.63) is 58.1 Å². The average Bonchev–Trinajstić information content (AvgIpc) is 2.63. The minimum Gasteiger partial charge on any atom is -0.326 e. The molecule has 0 aliphatic heterocycles. The van der Waals surface area contributed by atoms with E-state index >= 15 is 0 Å². The van der Waals surface area contributed by atoms with Crippen molar-refractivity contribution in [1.82, 2.24) is 5.43 Å². The molecule has 0 aromatic heterocycles. The van der Waals surface area contributed by atoms with Gasteiger partial charge in [0.2, 0.25) is 11.8 Å². The highest BCUT2D eigenvalue weighted by Gasteiger charge is 2.09. The highest BCUT2D eigenvalue weighted by Crippen LogP contribution is 2.25. The summed E-state index contributed by atoms with van der Waals surface area (Å²) in [4.78, 5) is 35.2. The fraction of sp³-hybridized carbons (Fsp3) is 0.158. The molecule has 0 unspecified atom stereocenters. The van der Waals surface area contributed by atoms with Crippen LogP contribution in [0.15, 0.2) is 47.6 Å². The molecule has 2 aromatic carbocycles. The molecule has 2 aromatic rings. The fourth-order valence-electron chi connectivity index (χ4n) is 2.18. The Hall–Kier alpha value is -2.90. The number of anilines is 2. The van der Waals surface area contributed by atoms with Gasteiger partial charge >= 0.3 is 0 Å². The Kier molecular flexibility index (Phi) is 7.54. The van der Waals surface area contributed by atoms with Gasteiger partial charge in [-0.1, -0.05) is 23.2 Å². The maximum absolute atomic E-state index is 12.1. The van der Waals surface area contributed by atoms with Crippen LogP contribution in [0.4, 0.5) is 11.4 Å². The van der Waals surface area contributed by atoms with Gasteiger partial charge in [-0.3, -0.25) is 14.4 Å². The smallest absolute Gasteiger partial charge is 0.271 e. The lowest BCUT2D eigenvalue weighted by atomic mass is 10.2. The number of nitrogens with zero attached hydrogens (tertiary/aromatic N) is 1. The van der Waals surface area contributed by atoms with Crippen LogP contribution in [-0.4, -0.2) is 23.4 Å². The number of rotatable bonds is 6. The summed E-state index contributed by atoms with van der Waals surface area (Å²) in [6.07, 6.45) is -0.0371. The average molecular weight is 421 g/mol. The summed E-state index contributed by atoms with van der Waals surface area (Å²) >= 11 is 11.9. The third-order valence-electron chi connectivity index (χ3n) is 3.43. The first-order chi connectivity index (χ1) is 13.2. The number of hydrazone groups is 1. The van der Waals surface area contributed by atoms with E-state index in [1.54, 1.807) is 49.4 Å². The number of carbonyl (C=O) groups excluding carboxylic acids is 3. The lowest BCUT2D eigenvalue weighted by Crippen LogP contribution is -2.21. The third-order valence-corrected chi connectivity index (χ3v) is 4.00. The number of hydrogen-bond acceptors (Lipinski definition) is 4. The Morgan fingerprint density at radius 1 is 0.964 bits per heavy atom. The second kappa shape index (κ2) is 9.87. The van der Waals surface area contributed by atoms with E-state index in [1.807, 2.05) is 0 Å². The Labute approximate surface area is 172 Å². The zero-order valence-corrected chi connectivity index (χ0v) is 16.7. The van der Waals surface area contributed by atoms with Crippen LogP contribution in [0.25, 0.3) is 0 Å². The molecule has 3 N–H and O–H groups in total. The molecular weight excluding hydrogens is 403 g/mol. The second-order valence-corrected chi connectivity index (χ2v) is 6.74. The van der Waals surface area contributed by atoms with E-state index in [9.17, 15) is 14.4 Å². The second-order valence-electron chi connectivity index (χ2n) is 5.90. The van der Waals surface area contributed by atoms with Crippen LogP contribution < -0.4 is 16.1 Å². The molecule has 0 aliphatic carbocycles. The minimum absolute atomic E-state index is 0.0371. The van der Waals surface area contributed by atoms with Gasteiger partial charge in [-0.2, -0.15) is 5.10 Å². The summed E-state index contributed by atoms with van der Waals surface area (Å²) in [6, 6.07) is 11.1. The summed E-state index contributed by atoms with van der Waals surface area (Å²) in [7, 11) is 0. The maximum Gasteiger partial charge on any atom is 0.271 e. The van der Waals surface area contributed by atoms with Crippen LogP contribution >= 0.6 is 23.2 Å². The number of carbonyl (C=O) groups is 3. The monoisotopic (exact) mass is 420 g/mol. The van der Waals surface area contributed by atoms with Gasteiger partial charge in [0.1, 0.15) is 0 Å². The highest BCUT2D eigenvalue weighted by atomic mass is 35.5. The van der Waals surface area contributed by atoms with Crippen LogP contribution in [0.1, 0.15) is 30.6 Å². The van der Waals surface area contributed by atoms with E-state index in [0.717, 1.165) is 0 Å². The topological polar surface area (TPSA) is 99.7 Å². The quantitative estimate of drug-likeness (QED) is 0.484. The van der Waals surface area contributed by atoms with Crippen molar-refractivity contribution < 1.29 is 14.4 Å². The van der Waals surface area contributed by atoms with E-state index in [2.05, 4.69) is 21.2 Å². The molecule has 3 amide bonds. The number of hydrogen-bond donors (Lipinski definition) is 3. The molecule has 0 atom stereocenters. The standard InChI is InChI=1S/C19H18Cl2N4O3/c1-11(9-18(27)23-17-10-14(20)5-8-16(17)21)24-25-19(28)13-3-6-15(7-4-13)22-12(2)26/h3-8,10H,9H2,1-2H3,(H,22,26)(H,23,27)(H,25,28)/b24-11+. The molecule has 0 bridgehead atoms. The molecule has 0 radical (unpaired) electrons. The SMILES string of the molecule is CC(=O)Nc1ccc(C(=O)N/N=C(\C)CC(=O)Nc2cc(Cl)ccc2Cl)cc1. The third kappa shape index (κ3) is 6.68. The summed E-state index contributed by atoms with van der Waals surface area (Å²) in [5.41, 5.74) is 4.13. The minimum atomic E-state index is -0.438. The zero-order chi connectivity index (χ0) is 20.7. The van der Waals surface area contributed by atoms with Crippen LogP contribution in [0.5, 0.6) is 0 Å². The molecule has 9 heteroatoms. The predicted octanol–water partition coefficient (Wildman–Crippen LogP) is 4.09. The van der Waals surface area contributed by atoms with Crippen LogP contribution in [0.2, 0.25) is 10.0 Å². The number of nitrogens with one attached hydrogen (secondary N) is 3. The van der Waals surface area contributed by atoms with Crippen molar-refractivity contribution in [2.75, 3.05) is 10.6 Å². The van der Waals surface area contributed by atoms with Gasteiger partial charge in [0.25, 0.3) is 5.91 Å². The zero-order valence-electron chi connectivity index (χ0n) is 15.2. The lowest BCUT2D eigenvalue weighted by molar-refractivity contribution is -0.115. The summed E-state index contributed by atoms with van der Waals surface area (Å²) in [5, 5.41) is 9.98. The molecule has 0 fully saturated rings. The van der Waals surface area contributed by atoms with Crippen molar-refractivity contribution in [2.45, 2.75) is 20.3 Å². The number of benzene rings is 2. The lowest BCUT2D eigenvalue weighted by Gasteiger charge is -2.08. The molecule has 0 aliphatic rings. The van der Waals surface area contributed by atoms with Crippen molar-refractivity contribution in [1.29, 1.82) is 0 Å². The largest absolute Gasteiger partial charge is 0.326 e. The Morgan fingerprint density at radius 3 is 2.29 bits per heavy atom. The Bertz CT molecular complexity index is 927. The first-order valence-electron chi connectivity index (χ1n) is 8.20. The summed E-state index contributed by atoms with van der Waals surface area (Å²) in [6.45, 7) is 3.01. The van der Waals surface area contributed by atoms with Crippen LogP contribution in [0, 0.1) is 0 Å². The fourth-order valence-corrected chi connectivity index (χ4v) is 2.52. The van der Waals surface area contributed by atoms with Gasteiger partial charge in [-0.05, 0) is 49.4 Å². The van der Waals surface area contributed by atoms with Gasteiger partial charge < -0.3 is 10.6 Å². The normalized spacial score (nSPS) is 10.9. The van der Waals surface area contributed by atoms with Crippen molar-refractivity contribution in [3.63, 3.8) is 0 Å². The molecule has 146 valence electrons. The number of amides is 3. The van der Waals surface area contributed by atoms with Gasteiger partial charge in [0, 0.05) is 28.9 Å². The molecule has 28 heavy (non-hydrogen) atoms. The van der Waals surface area contributed by atoms with Gasteiger partial charge in [-0.25, -0.2) is 5.43 Å². The molecule has 0 spiro atoms. The summed E-state index contributed by atoms with van der Waals surface area (Å²) in [5.74, 6) is -0.985. The summed E-state index contributed by atoms with van der Waals surface area (Å²) < 4.78 is 0. The first-order valence-corrected chi connectivity index (χ1v) is 8.96. The van der Waals surface area contributed by atoms with Crippen LogP contribution in [0.3, 0.4) is 0 Å². The van der Waals surface area contributed by atoms with Gasteiger partial charge in [-0.15, -0.1) is 0 Å². The Morgan fingerprint density at radius 2 is 1.64 bits per heavy atom. The maximum atomic E-state index is 12.1. The van der Waals surface area contributed by atoms with E-state index in [-0.39, 0.29) is 18.2 Å². The molecule has 0 saturated carbocycles. The van der Waals surface area contributed by atoms with E-state index < -0.39 is 5.91 Å². The van der Waals surface area contributed by atoms with Crippen LogP contribution in [-0.2, 0) is 9.59 Å². The molecule has 0 heterocycles. The van der Waals surface area contributed by atoms with Crippen molar-refractivity contribution in [2.24, 2.45) is 5.10 Å². The molecule has 7 nitrogen and oxygen atoms in total. The van der Waals surface area contributed by atoms with Crippen molar-refractivity contribution >= 4 is 58.0 Å². The number of halogens is 2. The van der Waals surface area contributed by atoms with E-state index in [0.29, 0.717) is 32.7 Å². The van der Waals surface area contributed by atoms with Gasteiger partial charge in [0.05, 0.1) is 17.1 Å². The van der Waals surface area contributed by atoms with E-state index in [1.165, 1.54) is 6.92 Å². The molecule has 0 saturated heterocycles. The highest BCUT2D eigenvalue weighted by molar-refractivity contribution is 6.35.